The smallest absolute Gasteiger partial charge is 0.305 e. The average Bonchev–Trinajstić information content (AvgIpc) is 3.39. The van der Waals surface area contributed by atoms with E-state index in [1.54, 1.807) is 44.2 Å². The first-order chi connectivity index (χ1) is 19.4. The minimum absolute atomic E-state index is 0.00578. The number of fused-ring (bicyclic) bond motifs is 1. The molecule has 5 amide bonds. The van der Waals surface area contributed by atoms with Gasteiger partial charge in [-0.3, -0.25) is 28.8 Å². The predicted molar refractivity (Wildman–Crippen MR) is 149 cm³/mol. The third kappa shape index (κ3) is 8.51. The van der Waals surface area contributed by atoms with E-state index in [4.69, 9.17) is 0 Å². The summed E-state index contributed by atoms with van der Waals surface area (Å²) in [5.74, 6) is -4.79. The molecule has 0 aromatic heterocycles. The summed E-state index contributed by atoms with van der Waals surface area (Å²) in [6, 6.07) is 3.39. The lowest BCUT2D eigenvalue weighted by Gasteiger charge is -2.30. The van der Waals surface area contributed by atoms with Crippen LogP contribution in [0.1, 0.15) is 58.9 Å². The van der Waals surface area contributed by atoms with Crippen molar-refractivity contribution in [1.29, 1.82) is 0 Å². The van der Waals surface area contributed by atoms with Crippen molar-refractivity contribution in [1.82, 2.24) is 26.2 Å². The maximum absolute atomic E-state index is 13.6. The van der Waals surface area contributed by atoms with Crippen LogP contribution in [0.3, 0.4) is 0 Å². The number of carbonyl (C=O) groups excluding carboxylic acids is 5. The third-order valence-electron chi connectivity index (χ3n) is 7.33. The van der Waals surface area contributed by atoms with E-state index in [2.05, 4.69) is 21.3 Å². The van der Waals surface area contributed by atoms with Crippen LogP contribution in [0.25, 0.3) is 0 Å². The van der Waals surface area contributed by atoms with Gasteiger partial charge in [-0.2, -0.15) is 0 Å². The molecule has 3 rings (SSSR count). The molecule has 2 aliphatic heterocycles. The van der Waals surface area contributed by atoms with E-state index in [-0.39, 0.29) is 31.2 Å². The highest BCUT2D eigenvalue weighted by Crippen LogP contribution is 2.21. The molecule has 2 saturated heterocycles. The molecule has 2 heterocycles. The third-order valence-corrected chi connectivity index (χ3v) is 7.33. The maximum Gasteiger partial charge on any atom is 0.305 e. The molecule has 0 aliphatic carbocycles. The molecule has 1 aromatic carbocycles. The second kappa shape index (κ2) is 14.1. The van der Waals surface area contributed by atoms with Gasteiger partial charge in [-0.25, -0.2) is 0 Å². The molecule has 12 nitrogen and oxygen atoms in total. The van der Waals surface area contributed by atoms with Crippen LogP contribution in [-0.4, -0.2) is 82.3 Å². The molecule has 0 saturated carbocycles. The van der Waals surface area contributed by atoms with Gasteiger partial charge in [0.15, 0.2) is 0 Å². The summed E-state index contributed by atoms with van der Waals surface area (Å²) in [7, 11) is 0. The maximum atomic E-state index is 13.6. The van der Waals surface area contributed by atoms with Gasteiger partial charge in [0, 0.05) is 13.0 Å². The Morgan fingerprint density at radius 2 is 1.46 bits per heavy atom. The first-order valence-corrected chi connectivity index (χ1v) is 14.1. The number of amides is 5. The molecule has 1 aromatic rings. The number of rotatable bonds is 7. The summed E-state index contributed by atoms with van der Waals surface area (Å²) in [6.07, 6.45) is 0.456. The number of carboxylic acid groups (broad SMARTS) is 1. The number of benzene rings is 1. The zero-order valence-electron chi connectivity index (χ0n) is 24.0. The molecule has 224 valence electrons. The van der Waals surface area contributed by atoms with Crippen LogP contribution in [-0.2, 0) is 35.2 Å². The van der Waals surface area contributed by atoms with Crippen LogP contribution in [0.15, 0.2) is 30.3 Å². The van der Waals surface area contributed by atoms with E-state index in [9.17, 15) is 33.9 Å². The highest BCUT2D eigenvalue weighted by atomic mass is 16.4. The van der Waals surface area contributed by atoms with Gasteiger partial charge in [0.05, 0.1) is 6.42 Å². The van der Waals surface area contributed by atoms with Crippen LogP contribution in [0.2, 0.25) is 0 Å². The molecule has 2 fully saturated rings. The van der Waals surface area contributed by atoms with Gasteiger partial charge in [0.25, 0.3) is 0 Å². The Labute approximate surface area is 240 Å². The quantitative estimate of drug-likeness (QED) is 0.314. The molecule has 41 heavy (non-hydrogen) atoms. The lowest BCUT2D eigenvalue weighted by Crippen LogP contribution is -2.59. The molecule has 0 bridgehead atoms. The predicted octanol–water partition coefficient (Wildman–Crippen LogP) is 0.350. The molecule has 5 atom stereocenters. The fourth-order valence-electron chi connectivity index (χ4n) is 5.23. The molecular weight excluding hydrogens is 530 g/mol. The number of hydrogen-bond acceptors (Lipinski definition) is 6. The van der Waals surface area contributed by atoms with Crippen molar-refractivity contribution < 1.29 is 33.9 Å². The molecule has 0 unspecified atom stereocenters. The summed E-state index contributed by atoms with van der Waals surface area (Å²) in [6.45, 7) is 7.50. The number of nitrogens with one attached hydrogen (secondary N) is 4. The van der Waals surface area contributed by atoms with Gasteiger partial charge in [0.2, 0.25) is 29.5 Å². The van der Waals surface area contributed by atoms with Crippen LogP contribution < -0.4 is 21.3 Å². The SMILES string of the molecule is CC(C)C[C@H]1NC(=O)[C@H](C(C)C)NC(=O)[C@H]2CCCN2C(=O)[C@H](CC(=O)O)NC(=O)[C@H](Cc2ccccc2)NC1=O. The topological polar surface area (TPSA) is 174 Å². The zero-order chi connectivity index (χ0) is 30.3. The van der Waals surface area contributed by atoms with Crippen LogP contribution in [0.5, 0.6) is 0 Å². The molecule has 2 aliphatic rings. The van der Waals surface area contributed by atoms with E-state index in [1.165, 1.54) is 4.90 Å². The molecule has 0 radical (unpaired) electrons. The lowest BCUT2D eigenvalue weighted by molar-refractivity contribution is -0.146. The Balaban J connectivity index is 2.06. The van der Waals surface area contributed by atoms with Crippen molar-refractivity contribution in [2.75, 3.05) is 6.54 Å². The van der Waals surface area contributed by atoms with Gasteiger partial charge in [-0.05, 0) is 36.7 Å². The van der Waals surface area contributed by atoms with E-state index in [0.29, 0.717) is 12.8 Å². The zero-order valence-corrected chi connectivity index (χ0v) is 24.0. The minimum Gasteiger partial charge on any atom is -0.481 e. The van der Waals surface area contributed by atoms with Gasteiger partial charge in [-0.15, -0.1) is 0 Å². The second-order valence-corrected chi connectivity index (χ2v) is 11.5. The number of aliphatic carboxylic acids is 1. The van der Waals surface area contributed by atoms with E-state index in [0.717, 1.165) is 5.56 Å². The summed E-state index contributed by atoms with van der Waals surface area (Å²) < 4.78 is 0. The highest BCUT2D eigenvalue weighted by molar-refractivity contribution is 5.99. The normalized spacial score (nSPS) is 26.4. The number of carbonyl (C=O) groups is 6. The monoisotopic (exact) mass is 571 g/mol. The molecular formula is C29H41N5O7. The van der Waals surface area contributed by atoms with Crippen molar-refractivity contribution in [3.63, 3.8) is 0 Å². The largest absolute Gasteiger partial charge is 0.481 e. The van der Waals surface area contributed by atoms with Crippen LogP contribution >= 0.6 is 0 Å². The summed E-state index contributed by atoms with van der Waals surface area (Å²) >= 11 is 0. The Morgan fingerprint density at radius 3 is 2.07 bits per heavy atom. The second-order valence-electron chi connectivity index (χ2n) is 11.5. The van der Waals surface area contributed by atoms with E-state index >= 15 is 0 Å². The summed E-state index contributed by atoms with van der Waals surface area (Å²) in [5.41, 5.74) is 0.727. The number of nitrogens with zero attached hydrogens (tertiary/aromatic N) is 1. The van der Waals surface area contributed by atoms with Gasteiger partial charge >= 0.3 is 5.97 Å². The van der Waals surface area contributed by atoms with E-state index in [1.807, 2.05) is 13.8 Å². The van der Waals surface area contributed by atoms with Crippen LogP contribution in [0, 0.1) is 11.8 Å². The molecule has 0 spiro atoms. The van der Waals surface area contributed by atoms with Gasteiger partial charge in [-0.1, -0.05) is 58.0 Å². The fraction of sp³-hybridized carbons (Fsp3) is 0.586. The first kappa shape index (κ1) is 31.6. The summed E-state index contributed by atoms with van der Waals surface area (Å²) in [4.78, 5) is 80.4. The van der Waals surface area contributed by atoms with Crippen molar-refractivity contribution in [2.45, 2.75) is 90.0 Å². The minimum atomic E-state index is -1.46. The number of carboxylic acids is 1. The lowest BCUT2D eigenvalue weighted by atomic mass is 9.98. The first-order valence-electron chi connectivity index (χ1n) is 14.1. The Kier molecular flexibility index (Phi) is 10.8. The van der Waals surface area contributed by atoms with Crippen molar-refractivity contribution in [3.8, 4) is 0 Å². The Hall–Kier alpha value is -3.96. The Bertz CT molecular complexity index is 1140. The van der Waals surface area contributed by atoms with Crippen molar-refractivity contribution >= 4 is 35.5 Å². The molecule has 12 heteroatoms. The number of hydrogen-bond donors (Lipinski definition) is 5. The van der Waals surface area contributed by atoms with Gasteiger partial charge < -0.3 is 31.3 Å². The standard InChI is InChI=1S/C29H41N5O7/c1-16(2)13-19-25(37)30-20(14-18-9-6-5-7-10-18)26(38)32-21(15-23(35)36)29(41)34-12-8-11-22(34)27(39)33-24(17(3)4)28(40)31-19/h5-7,9-10,16-17,19-22,24H,8,11-15H2,1-4H3,(H,30,37)(H,31,40)(H,32,38)(H,33,39)(H,35,36)/t19-,20+,21+,22-,24+/m1/s1. The Morgan fingerprint density at radius 1 is 0.854 bits per heavy atom. The molecule has 5 N–H and O–H groups in total. The highest BCUT2D eigenvalue weighted by Gasteiger charge is 2.41. The fourth-order valence-corrected chi connectivity index (χ4v) is 5.23. The van der Waals surface area contributed by atoms with Crippen LogP contribution in [0.4, 0.5) is 0 Å². The van der Waals surface area contributed by atoms with Crippen molar-refractivity contribution in [2.24, 2.45) is 11.8 Å². The summed E-state index contributed by atoms with van der Waals surface area (Å²) in [5, 5.41) is 20.3. The van der Waals surface area contributed by atoms with Gasteiger partial charge in [0.1, 0.15) is 30.2 Å². The average molecular weight is 572 g/mol. The van der Waals surface area contributed by atoms with Crippen molar-refractivity contribution in [3.05, 3.63) is 35.9 Å². The van der Waals surface area contributed by atoms with E-state index < -0.39 is 72.1 Å².